The fourth-order valence-electron chi connectivity index (χ4n) is 9.79. The Morgan fingerprint density at radius 3 is 1.41 bits per heavy atom. The van der Waals surface area contributed by atoms with Crippen LogP contribution in [0.1, 0.15) is 0 Å². The van der Waals surface area contributed by atoms with Crippen LogP contribution in [0.5, 0.6) is 28.7 Å². The number of phenolic OH excluding ortho intramolecular Hbond substituents is 5. The summed E-state index contributed by atoms with van der Waals surface area (Å²) in [5, 5.41) is 61.2. The van der Waals surface area contributed by atoms with Crippen molar-refractivity contribution in [2.75, 3.05) is 0 Å². The van der Waals surface area contributed by atoms with E-state index in [0.717, 1.165) is 104 Å². The van der Waals surface area contributed by atoms with Crippen LogP contribution in [-0.2, 0) is 0 Å². The van der Waals surface area contributed by atoms with Gasteiger partial charge in [-0.15, -0.1) is 0 Å². The van der Waals surface area contributed by atoms with Gasteiger partial charge in [-0.3, -0.25) is 0 Å². The zero-order chi connectivity index (χ0) is 42.2. The molecule has 0 aliphatic heterocycles. The van der Waals surface area contributed by atoms with E-state index in [1.54, 1.807) is 4.57 Å². The van der Waals surface area contributed by atoms with Crippen LogP contribution >= 0.6 is 0 Å². The summed E-state index contributed by atoms with van der Waals surface area (Å²) in [5.41, 5.74) is 11.1. The molecule has 13 aromatic rings. The highest BCUT2D eigenvalue weighted by atomic mass is 16.4. The Morgan fingerprint density at radius 1 is 0.317 bits per heavy atom. The van der Waals surface area contributed by atoms with Gasteiger partial charge in [-0.25, -0.2) is 0 Å². The summed E-state index contributed by atoms with van der Waals surface area (Å²) < 4.78 is 17.0. The molecule has 0 saturated carbocycles. The second-order valence-corrected chi connectivity index (χ2v) is 16.0. The molecule has 4 heterocycles. The third-order valence-electron chi connectivity index (χ3n) is 12.7. The third-order valence-corrected chi connectivity index (χ3v) is 12.7. The number of hydrogen-bond donors (Lipinski definition) is 5. The largest absolute Gasteiger partial charge is 0.503 e. The van der Waals surface area contributed by atoms with Crippen molar-refractivity contribution in [1.29, 1.82) is 0 Å². The summed E-state index contributed by atoms with van der Waals surface area (Å²) >= 11 is 0. The van der Waals surface area contributed by atoms with Crippen molar-refractivity contribution in [3.05, 3.63) is 164 Å². The fourth-order valence-corrected chi connectivity index (χ4v) is 9.79. The van der Waals surface area contributed by atoms with Crippen LogP contribution < -0.4 is 0 Å². The number of fused-ring (bicyclic) bond motifs is 12. The SMILES string of the molecule is Oc1c(O)c(O)c(-n2c3ccccc3c3cc(-c4ccc5c(c4)c4cc(-c6cccc7c6oc6ccccc67)ccc4n5-c4cccc5c4oc4ccccc45)ccc32)c(O)c1O. The molecule has 9 heteroatoms. The molecule has 4 aromatic heterocycles. The van der Waals surface area contributed by atoms with E-state index in [9.17, 15) is 25.5 Å². The van der Waals surface area contributed by atoms with Gasteiger partial charge in [0.2, 0.25) is 17.2 Å². The van der Waals surface area contributed by atoms with Gasteiger partial charge in [0.1, 0.15) is 22.4 Å². The molecule has 0 amide bonds. The van der Waals surface area contributed by atoms with Crippen LogP contribution in [0.4, 0.5) is 0 Å². The molecule has 0 bridgehead atoms. The van der Waals surface area contributed by atoms with Crippen molar-refractivity contribution < 1.29 is 34.4 Å². The smallest absolute Gasteiger partial charge is 0.208 e. The minimum absolute atomic E-state index is 0.260. The Morgan fingerprint density at radius 2 is 0.762 bits per heavy atom. The van der Waals surface area contributed by atoms with E-state index in [1.165, 1.54) is 0 Å². The van der Waals surface area contributed by atoms with E-state index in [-0.39, 0.29) is 5.69 Å². The molecule has 0 radical (unpaired) electrons. The quantitative estimate of drug-likeness (QED) is 0.0880. The lowest BCUT2D eigenvalue weighted by Gasteiger charge is -2.15. The lowest BCUT2D eigenvalue weighted by molar-refractivity contribution is 0.327. The Hall–Kier alpha value is -8.82. The number of para-hydroxylation sites is 5. The van der Waals surface area contributed by atoms with E-state index in [4.69, 9.17) is 8.83 Å². The first-order chi connectivity index (χ1) is 30.8. The first kappa shape index (κ1) is 35.0. The molecule has 0 saturated heterocycles. The maximum atomic E-state index is 11.0. The van der Waals surface area contributed by atoms with Gasteiger partial charge in [-0.05, 0) is 77.4 Å². The molecule has 0 aliphatic rings. The highest BCUT2D eigenvalue weighted by Gasteiger charge is 2.27. The summed E-state index contributed by atoms with van der Waals surface area (Å²) in [4.78, 5) is 0. The standard InChI is InChI=1S/C54H32N2O7/c57-48-47(49(58)51(60)52(61)50(48)59)56-40-15-4-1-9-32(40)37-25-28(20-23-43(37)56)29-19-22-41-38(26-29)39-27-30(31-12-7-13-35-33-10-2-5-17-45(33)62-53(31)35)21-24-42(39)55(41)44-16-8-14-36-34-11-3-6-18-46(34)63-54(36)44/h1-27,57-61H. The van der Waals surface area contributed by atoms with Crippen LogP contribution in [-0.4, -0.2) is 34.7 Å². The summed E-state index contributed by atoms with van der Waals surface area (Å²) in [7, 11) is 0. The first-order valence-electron chi connectivity index (χ1n) is 20.5. The van der Waals surface area contributed by atoms with Crippen LogP contribution in [0.2, 0.25) is 0 Å². The number of benzene rings is 9. The van der Waals surface area contributed by atoms with Crippen molar-refractivity contribution >= 4 is 87.5 Å². The summed E-state index contributed by atoms with van der Waals surface area (Å²) in [6, 6.07) is 55.3. The van der Waals surface area contributed by atoms with Crippen LogP contribution in [0.25, 0.3) is 121 Å². The predicted octanol–water partition coefficient (Wildman–Crippen LogP) is 13.5. The van der Waals surface area contributed by atoms with E-state index >= 15 is 0 Å². The lowest BCUT2D eigenvalue weighted by atomic mass is 9.98. The Bertz CT molecular complexity index is 4080. The van der Waals surface area contributed by atoms with Crippen LogP contribution in [0.15, 0.2) is 173 Å². The van der Waals surface area contributed by atoms with Gasteiger partial charge in [-0.2, -0.15) is 0 Å². The molecule has 63 heavy (non-hydrogen) atoms. The number of aromatic nitrogens is 2. The molecule has 5 N–H and O–H groups in total. The molecule has 0 atom stereocenters. The summed E-state index contributed by atoms with van der Waals surface area (Å²) in [5.74, 6) is -4.44. The maximum absolute atomic E-state index is 11.0. The molecule has 300 valence electrons. The Balaban J connectivity index is 1.06. The topological polar surface area (TPSA) is 137 Å². The van der Waals surface area contributed by atoms with Gasteiger partial charge in [0.15, 0.2) is 17.1 Å². The second-order valence-electron chi connectivity index (χ2n) is 16.0. The fraction of sp³-hybridized carbons (Fsp3) is 0. The number of nitrogens with zero attached hydrogens (tertiary/aromatic N) is 2. The van der Waals surface area contributed by atoms with Crippen molar-refractivity contribution in [1.82, 2.24) is 9.13 Å². The Kier molecular flexibility index (Phi) is 7.00. The molecule has 0 spiro atoms. The maximum Gasteiger partial charge on any atom is 0.208 e. The zero-order valence-corrected chi connectivity index (χ0v) is 33.0. The third kappa shape index (κ3) is 4.75. The van der Waals surface area contributed by atoms with Gasteiger partial charge < -0.3 is 43.5 Å². The first-order valence-corrected chi connectivity index (χ1v) is 20.5. The van der Waals surface area contributed by atoms with Crippen molar-refractivity contribution in [3.63, 3.8) is 0 Å². The minimum Gasteiger partial charge on any atom is -0.503 e. The van der Waals surface area contributed by atoms with Crippen LogP contribution in [0, 0.1) is 0 Å². The average molecular weight is 821 g/mol. The highest BCUT2D eigenvalue weighted by molar-refractivity contribution is 6.16. The van der Waals surface area contributed by atoms with Crippen LogP contribution in [0.3, 0.4) is 0 Å². The average Bonchev–Trinajstić information content (AvgIpc) is 4.08. The molecule has 9 aromatic carbocycles. The Labute approximate surface area is 356 Å². The van der Waals surface area contributed by atoms with E-state index in [0.29, 0.717) is 11.0 Å². The minimum atomic E-state index is -1.01. The van der Waals surface area contributed by atoms with Crippen molar-refractivity contribution in [2.24, 2.45) is 0 Å². The molecule has 0 fully saturated rings. The van der Waals surface area contributed by atoms with Gasteiger partial charge in [-0.1, -0.05) is 103 Å². The van der Waals surface area contributed by atoms with E-state index in [2.05, 4.69) is 95.6 Å². The van der Waals surface area contributed by atoms with Gasteiger partial charge >= 0.3 is 0 Å². The highest BCUT2D eigenvalue weighted by Crippen LogP contribution is 2.54. The lowest BCUT2D eigenvalue weighted by Crippen LogP contribution is -1.96. The molecule has 9 nitrogen and oxygen atoms in total. The zero-order valence-electron chi connectivity index (χ0n) is 33.0. The van der Waals surface area contributed by atoms with Gasteiger partial charge in [0.05, 0.1) is 27.8 Å². The van der Waals surface area contributed by atoms with Gasteiger partial charge in [0.25, 0.3) is 0 Å². The normalized spacial score (nSPS) is 12.1. The molecule has 13 rings (SSSR count). The van der Waals surface area contributed by atoms with Crippen molar-refractivity contribution in [2.45, 2.75) is 0 Å². The molecule has 0 unspecified atom stereocenters. The van der Waals surface area contributed by atoms with Gasteiger partial charge in [0, 0.05) is 48.7 Å². The number of rotatable bonds is 4. The summed E-state index contributed by atoms with van der Waals surface area (Å²) in [6.45, 7) is 0. The monoisotopic (exact) mass is 820 g/mol. The number of phenols is 5. The van der Waals surface area contributed by atoms with Crippen molar-refractivity contribution in [3.8, 4) is 62.4 Å². The second kappa shape index (κ2) is 12.6. The summed E-state index contributed by atoms with van der Waals surface area (Å²) in [6.07, 6.45) is 0. The van der Waals surface area contributed by atoms with E-state index in [1.807, 2.05) is 72.8 Å². The predicted molar refractivity (Wildman–Crippen MR) is 249 cm³/mol. The number of furan rings is 2. The number of aromatic hydroxyl groups is 5. The van der Waals surface area contributed by atoms with E-state index < -0.39 is 28.7 Å². The number of hydrogen-bond acceptors (Lipinski definition) is 7. The molecule has 0 aliphatic carbocycles. The molecular formula is C54H32N2O7. The molecular weight excluding hydrogens is 789 g/mol.